The molecule has 4 nitrogen and oxygen atoms in total. The molecule has 1 saturated heterocycles. The summed E-state index contributed by atoms with van der Waals surface area (Å²) < 4.78 is 25.6. The summed E-state index contributed by atoms with van der Waals surface area (Å²) in [5, 5.41) is 0. The van der Waals surface area contributed by atoms with Crippen molar-refractivity contribution in [3.05, 3.63) is 53.7 Å². The van der Waals surface area contributed by atoms with Gasteiger partial charge in [-0.1, -0.05) is 45.0 Å². The van der Waals surface area contributed by atoms with Crippen LogP contribution in [0.1, 0.15) is 38.4 Å². The third kappa shape index (κ3) is 3.68. The van der Waals surface area contributed by atoms with Gasteiger partial charge in [0.25, 0.3) is 0 Å². The van der Waals surface area contributed by atoms with Crippen molar-refractivity contribution in [1.29, 1.82) is 0 Å². The smallest absolute Gasteiger partial charge is 0.214 e. The summed E-state index contributed by atoms with van der Waals surface area (Å²) in [7, 11) is -3.07. The van der Waals surface area contributed by atoms with Crippen LogP contribution in [0.4, 0.5) is 0 Å². The summed E-state index contributed by atoms with van der Waals surface area (Å²) in [6.07, 6.45) is 0.719. The van der Waals surface area contributed by atoms with Gasteiger partial charge in [0, 0.05) is 29.8 Å². The average molecular weight is 344 g/mol. The molecule has 0 spiro atoms. The Morgan fingerprint density at radius 2 is 1.88 bits per heavy atom. The van der Waals surface area contributed by atoms with Crippen molar-refractivity contribution in [2.24, 2.45) is 0 Å². The van der Waals surface area contributed by atoms with Crippen molar-refractivity contribution >= 4 is 10.0 Å². The Kier molecular flexibility index (Phi) is 4.49. The van der Waals surface area contributed by atoms with Gasteiger partial charge in [-0.15, -0.1) is 0 Å². The maximum atomic E-state index is 12.0. The zero-order valence-corrected chi connectivity index (χ0v) is 15.3. The Hall–Kier alpha value is -1.72. The molecule has 0 unspecified atom stereocenters. The largest absolute Gasteiger partial charge is 0.252 e. The molecule has 0 aliphatic carbocycles. The second-order valence-corrected chi connectivity index (χ2v) is 9.45. The van der Waals surface area contributed by atoms with Gasteiger partial charge in [-0.3, -0.25) is 4.98 Å². The van der Waals surface area contributed by atoms with Crippen LogP contribution in [0.15, 0.2) is 42.5 Å². The van der Waals surface area contributed by atoms with E-state index in [1.54, 1.807) is 4.31 Å². The van der Waals surface area contributed by atoms with Gasteiger partial charge < -0.3 is 0 Å². The summed E-state index contributed by atoms with van der Waals surface area (Å²) in [5.74, 6) is 0.266. The number of rotatable bonds is 3. The average Bonchev–Trinajstić information content (AvgIpc) is 2.86. The maximum Gasteiger partial charge on any atom is 0.214 e. The molecule has 0 radical (unpaired) electrons. The predicted molar refractivity (Wildman–Crippen MR) is 97.2 cm³/mol. The number of hydrogen-bond donors (Lipinski definition) is 0. The molecule has 128 valence electrons. The second-order valence-electron chi connectivity index (χ2n) is 7.36. The highest BCUT2D eigenvalue weighted by molar-refractivity contribution is 7.89. The number of hydrogen-bond acceptors (Lipinski definition) is 3. The number of sulfonamides is 1. The topological polar surface area (TPSA) is 50.3 Å². The van der Waals surface area contributed by atoms with Crippen LogP contribution in [0.2, 0.25) is 0 Å². The lowest BCUT2D eigenvalue weighted by atomic mass is 9.91. The van der Waals surface area contributed by atoms with Gasteiger partial charge in [0.05, 0.1) is 11.4 Å². The highest BCUT2D eigenvalue weighted by Gasteiger charge is 2.28. The minimum Gasteiger partial charge on any atom is -0.252 e. The van der Waals surface area contributed by atoms with E-state index in [2.05, 4.69) is 20.8 Å². The standard InChI is InChI=1S/C19H24N2O2S/c1-19(2,3)18-10-5-9-17(20-18)16-8-4-7-15(13-16)14-21-11-6-12-24(21,22)23/h4-5,7-10,13H,6,11-12,14H2,1-3H3. The van der Waals surface area contributed by atoms with Crippen molar-refractivity contribution in [2.75, 3.05) is 12.3 Å². The fourth-order valence-electron chi connectivity index (χ4n) is 2.91. The summed E-state index contributed by atoms with van der Waals surface area (Å²) >= 11 is 0. The van der Waals surface area contributed by atoms with Crippen LogP contribution < -0.4 is 0 Å². The van der Waals surface area contributed by atoms with E-state index >= 15 is 0 Å². The SMILES string of the molecule is CC(C)(C)c1cccc(-c2cccc(CN3CCCS3(=O)=O)c2)n1. The summed E-state index contributed by atoms with van der Waals surface area (Å²) in [4.78, 5) is 4.78. The molecule has 1 fully saturated rings. The maximum absolute atomic E-state index is 12.0. The van der Waals surface area contributed by atoms with Gasteiger partial charge in [0.2, 0.25) is 10.0 Å². The highest BCUT2D eigenvalue weighted by atomic mass is 32.2. The van der Waals surface area contributed by atoms with Gasteiger partial charge in [0.1, 0.15) is 0 Å². The van der Waals surface area contributed by atoms with E-state index in [-0.39, 0.29) is 11.2 Å². The Morgan fingerprint density at radius 3 is 2.54 bits per heavy atom. The van der Waals surface area contributed by atoms with Gasteiger partial charge in [-0.05, 0) is 30.2 Å². The van der Waals surface area contributed by atoms with Gasteiger partial charge in [0.15, 0.2) is 0 Å². The van der Waals surface area contributed by atoms with E-state index < -0.39 is 10.0 Å². The van der Waals surface area contributed by atoms with E-state index in [0.717, 1.165) is 28.9 Å². The normalized spacial score (nSPS) is 18.0. The number of nitrogens with zero attached hydrogens (tertiary/aromatic N) is 2. The Balaban J connectivity index is 1.88. The van der Waals surface area contributed by atoms with Crippen LogP contribution in [0, 0.1) is 0 Å². The molecular weight excluding hydrogens is 320 g/mol. The molecule has 0 saturated carbocycles. The lowest BCUT2D eigenvalue weighted by molar-refractivity contribution is 0.440. The van der Waals surface area contributed by atoms with Crippen molar-refractivity contribution in [3.8, 4) is 11.3 Å². The molecule has 1 aliphatic rings. The number of benzene rings is 1. The molecule has 0 atom stereocenters. The quantitative estimate of drug-likeness (QED) is 0.855. The summed E-state index contributed by atoms with van der Waals surface area (Å²) in [5.41, 5.74) is 3.99. The van der Waals surface area contributed by atoms with Crippen molar-refractivity contribution < 1.29 is 8.42 Å². The minimum atomic E-state index is -3.07. The van der Waals surface area contributed by atoms with E-state index in [1.807, 2.05) is 42.5 Å². The lowest BCUT2D eigenvalue weighted by Gasteiger charge is -2.18. The zero-order chi connectivity index (χ0) is 17.4. The first-order valence-corrected chi connectivity index (χ1v) is 9.91. The first-order chi connectivity index (χ1) is 11.3. The van der Waals surface area contributed by atoms with Crippen LogP contribution >= 0.6 is 0 Å². The lowest BCUT2D eigenvalue weighted by Crippen LogP contribution is -2.25. The predicted octanol–water partition coefficient (Wildman–Crippen LogP) is 3.58. The monoisotopic (exact) mass is 344 g/mol. The molecular formula is C19H24N2O2S. The first-order valence-electron chi connectivity index (χ1n) is 8.30. The molecule has 0 bridgehead atoms. The number of pyridine rings is 1. The van der Waals surface area contributed by atoms with E-state index in [4.69, 9.17) is 4.98 Å². The molecule has 0 N–H and O–H groups in total. The van der Waals surface area contributed by atoms with Crippen LogP contribution in [-0.2, 0) is 22.0 Å². The zero-order valence-electron chi connectivity index (χ0n) is 14.5. The molecule has 1 aromatic heterocycles. The number of aromatic nitrogens is 1. The minimum absolute atomic E-state index is 0.00273. The fourth-order valence-corrected chi connectivity index (χ4v) is 4.42. The molecule has 5 heteroatoms. The first kappa shape index (κ1) is 17.1. The fraction of sp³-hybridized carbons (Fsp3) is 0.421. The van der Waals surface area contributed by atoms with Gasteiger partial charge >= 0.3 is 0 Å². The highest BCUT2D eigenvalue weighted by Crippen LogP contribution is 2.25. The van der Waals surface area contributed by atoms with Crippen LogP contribution in [0.5, 0.6) is 0 Å². The van der Waals surface area contributed by atoms with Crippen molar-refractivity contribution in [2.45, 2.75) is 39.2 Å². The second kappa shape index (κ2) is 6.30. The molecule has 2 heterocycles. The molecule has 2 aromatic rings. The molecule has 24 heavy (non-hydrogen) atoms. The van der Waals surface area contributed by atoms with E-state index in [1.165, 1.54) is 0 Å². The van der Waals surface area contributed by atoms with Gasteiger partial charge in [-0.25, -0.2) is 8.42 Å². The van der Waals surface area contributed by atoms with Crippen LogP contribution in [-0.4, -0.2) is 30.0 Å². The molecule has 0 amide bonds. The third-order valence-corrected chi connectivity index (χ3v) is 6.21. The molecule has 1 aliphatic heterocycles. The summed E-state index contributed by atoms with van der Waals surface area (Å²) in [6.45, 7) is 7.49. The molecule has 3 rings (SSSR count). The molecule has 1 aromatic carbocycles. The Labute approximate surface area is 144 Å². The summed E-state index contributed by atoms with van der Waals surface area (Å²) in [6, 6.07) is 14.1. The van der Waals surface area contributed by atoms with Crippen LogP contribution in [0.25, 0.3) is 11.3 Å². The van der Waals surface area contributed by atoms with E-state index in [0.29, 0.717) is 13.1 Å². The van der Waals surface area contributed by atoms with Gasteiger partial charge in [-0.2, -0.15) is 4.31 Å². The Morgan fingerprint density at radius 1 is 1.12 bits per heavy atom. The van der Waals surface area contributed by atoms with Crippen molar-refractivity contribution in [1.82, 2.24) is 9.29 Å². The third-order valence-electron chi connectivity index (χ3n) is 4.30. The Bertz CT molecular complexity index is 838. The van der Waals surface area contributed by atoms with E-state index in [9.17, 15) is 8.42 Å². The van der Waals surface area contributed by atoms with Crippen LogP contribution in [0.3, 0.4) is 0 Å². The van der Waals surface area contributed by atoms with Crippen molar-refractivity contribution in [3.63, 3.8) is 0 Å².